The summed E-state index contributed by atoms with van der Waals surface area (Å²) in [6.45, 7) is 7.66. The van der Waals surface area contributed by atoms with Gasteiger partial charge in [-0.25, -0.2) is 9.56 Å². The van der Waals surface area contributed by atoms with E-state index >= 15 is 0 Å². The highest BCUT2D eigenvalue weighted by Crippen LogP contribution is 2.40. The van der Waals surface area contributed by atoms with Gasteiger partial charge in [0.25, 0.3) is 5.91 Å². The van der Waals surface area contributed by atoms with Crippen molar-refractivity contribution in [2.45, 2.75) is 19.9 Å². The molecule has 1 spiro atoms. The van der Waals surface area contributed by atoms with E-state index in [1.807, 2.05) is 74.4 Å². The summed E-state index contributed by atoms with van der Waals surface area (Å²) in [7, 11) is 1.98. The molecule has 1 amide bonds. The molecule has 1 unspecified atom stereocenters. The number of allylic oxidation sites excluding steroid dienone is 1. The first kappa shape index (κ1) is 22.2. The summed E-state index contributed by atoms with van der Waals surface area (Å²) in [5.74, 6) is 0.781. The Morgan fingerprint density at radius 2 is 2.12 bits per heavy atom. The van der Waals surface area contributed by atoms with Crippen LogP contribution in [0.3, 0.4) is 0 Å². The lowest BCUT2D eigenvalue weighted by molar-refractivity contribution is -0.429. The van der Waals surface area contributed by atoms with E-state index in [0.29, 0.717) is 11.0 Å². The molecule has 3 aliphatic rings. The number of aromatic nitrogens is 1. The van der Waals surface area contributed by atoms with E-state index in [1.165, 1.54) is 0 Å². The monoisotopic (exact) mass is 458 g/mol. The maximum atomic E-state index is 12.9. The minimum absolute atomic E-state index is 0.0407. The topological polar surface area (TPSA) is 83.6 Å². The smallest absolute Gasteiger partial charge is 0.257 e. The summed E-state index contributed by atoms with van der Waals surface area (Å²) in [5, 5.41) is 10.7. The highest BCUT2D eigenvalue weighted by atomic mass is 16.5. The standard InChI is InChI=1S/C26H30N6O2/c1-18-9-21(11-29-24(18)32-14-26(15-32)16-34-17-26)25(33)30-22-6-4-5-20(10-22)19(2)27-7-8-28-23-12-31(3)13-23/h4-13,19,28H,14-17H2,1-3H3,(H,30,33). The number of nitrogens with zero attached hydrogens (tertiary/aromatic N) is 4. The number of aryl methyl sites for hydroxylation is 1. The molecule has 0 radical (unpaired) electrons. The quantitative estimate of drug-likeness (QED) is 0.591. The van der Waals surface area contributed by atoms with Gasteiger partial charge in [-0.15, -0.1) is 0 Å². The van der Waals surface area contributed by atoms with Crippen LogP contribution in [-0.2, 0) is 4.74 Å². The van der Waals surface area contributed by atoms with E-state index < -0.39 is 0 Å². The van der Waals surface area contributed by atoms with E-state index in [-0.39, 0.29) is 11.9 Å². The first-order chi connectivity index (χ1) is 16.4. The second kappa shape index (κ2) is 8.95. The van der Waals surface area contributed by atoms with Crippen LogP contribution in [0.1, 0.15) is 34.5 Å². The molecular weight excluding hydrogens is 428 g/mol. The third kappa shape index (κ3) is 4.54. The predicted molar refractivity (Wildman–Crippen MR) is 133 cm³/mol. The van der Waals surface area contributed by atoms with Crippen LogP contribution in [0.2, 0.25) is 0 Å². The van der Waals surface area contributed by atoms with Crippen molar-refractivity contribution in [3.8, 4) is 0 Å². The number of carbonyl (C=O) groups excluding carboxylic acids is 1. The molecule has 5 rings (SSSR count). The highest BCUT2D eigenvalue weighted by molar-refractivity contribution is 6.04. The average Bonchev–Trinajstić information content (AvgIpc) is 2.74. The molecule has 34 heavy (non-hydrogen) atoms. The second-order valence-electron chi connectivity index (χ2n) is 9.46. The number of rotatable bonds is 8. The van der Waals surface area contributed by atoms with Gasteiger partial charge in [-0.05, 0) is 36.9 Å². The van der Waals surface area contributed by atoms with Crippen LogP contribution in [-0.4, -0.2) is 55.0 Å². The number of nitrogens with one attached hydrogen (secondary N) is 2. The van der Waals surface area contributed by atoms with Crippen molar-refractivity contribution >= 4 is 23.6 Å². The van der Waals surface area contributed by atoms with Crippen LogP contribution in [0.5, 0.6) is 0 Å². The van der Waals surface area contributed by atoms with Gasteiger partial charge in [0.2, 0.25) is 0 Å². The Kier molecular flexibility index (Phi) is 5.83. The number of pyridine rings is 1. The molecule has 1 aromatic heterocycles. The second-order valence-corrected chi connectivity index (χ2v) is 9.46. The van der Waals surface area contributed by atoms with Gasteiger partial charge in [0.1, 0.15) is 12.9 Å². The molecule has 1 aromatic carbocycles. The zero-order valence-electron chi connectivity index (χ0n) is 19.8. The summed E-state index contributed by atoms with van der Waals surface area (Å²) in [6, 6.07) is 9.65. The van der Waals surface area contributed by atoms with E-state index in [1.54, 1.807) is 12.4 Å². The minimum atomic E-state index is -0.171. The molecule has 8 heteroatoms. The van der Waals surface area contributed by atoms with Crippen LogP contribution < -0.4 is 15.5 Å². The highest BCUT2D eigenvalue weighted by Gasteiger charge is 2.49. The van der Waals surface area contributed by atoms with Gasteiger partial charge in [-0.2, -0.15) is 6.20 Å². The number of hydrogen-bond donors (Lipinski definition) is 2. The fourth-order valence-electron chi connectivity index (χ4n) is 4.48. The Hall–Kier alpha value is -3.65. The molecular formula is C26H30N6O2. The van der Waals surface area contributed by atoms with Gasteiger partial charge < -0.3 is 25.6 Å². The van der Waals surface area contributed by atoms with Crippen molar-refractivity contribution in [2.75, 3.05) is 43.6 Å². The van der Waals surface area contributed by atoms with Crippen molar-refractivity contribution in [1.29, 1.82) is 0 Å². The zero-order valence-corrected chi connectivity index (χ0v) is 19.8. The first-order valence-electron chi connectivity index (χ1n) is 11.5. The number of carbonyl (C=O) groups is 1. The molecule has 0 saturated carbocycles. The number of amides is 1. The van der Waals surface area contributed by atoms with Gasteiger partial charge in [-0.3, -0.25) is 4.79 Å². The van der Waals surface area contributed by atoms with E-state index in [0.717, 1.165) is 54.6 Å². The SMILES string of the molecule is Cc1cc(C(=O)Nc2cccc(C(C)[N-]C=CNC3=C[N+](C)=C3)c2)cnc1N1CC2(COC2)C1. The predicted octanol–water partition coefficient (Wildman–Crippen LogP) is 3.54. The molecule has 2 fully saturated rings. The van der Waals surface area contributed by atoms with Crippen LogP contribution in [0.4, 0.5) is 11.5 Å². The van der Waals surface area contributed by atoms with Crippen molar-refractivity contribution in [1.82, 2.24) is 10.3 Å². The Labute approximate surface area is 200 Å². The largest absolute Gasteiger partial charge is 0.683 e. The van der Waals surface area contributed by atoms with Gasteiger partial charge >= 0.3 is 0 Å². The Bertz CT molecular complexity index is 1190. The molecule has 2 aromatic rings. The van der Waals surface area contributed by atoms with Crippen molar-refractivity contribution in [3.63, 3.8) is 0 Å². The third-order valence-electron chi connectivity index (χ3n) is 6.43. The minimum Gasteiger partial charge on any atom is -0.683 e. The summed E-state index contributed by atoms with van der Waals surface area (Å²) in [5.41, 5.74) is 4.69. The average molecular weight is 459 g/mol. The molecule has 0 aliphatic carbocycles. The molecule has 8 nitrogen and oxygen atoms in total. The molecule has 3 aliphatic heterocycles. The maximum absolute atomic E-state index is 12.9. The number of ether oxygens (including phenoxy) is 1. The summed E-state index contributed by atoms with van der Waals surface area (Å²) in [6.07, 6.45) is 9.23. The molecule has 2 saturated heterocycles. The number of hydrogen-bond acceptors (Lipinski definition) is 5. The van der Waals surface area contributed by atoms with E-state index in [4.69, 9.17) is 4.74 Å². The molecule has 2 N–H and O–H groups in total. The zero-order chi connectivity index (χ0) is 23.7. The summed E-state index contributed by atoms with van der Waals surface area (Å²) >= 11 is 0. The van der Waals surface area contributed by atoms with Crippen LogP contribution in [0.25, 0.3) is 5.32 Å². The van der Waals surface area contributed by atoms with Gasteiger partial charge in [0.15, 0.2) is 18.1 Å². The Morgan fingerprint density at radius 3 is 2.79 bits per heavy atom. The third-order valence-corrected chi connectivity index (χ3v) is 6.43. The van der Waals surface area contributed by atoms with E-state index in [2.05, 4.69) is 25.8 Å². The van der Waals surface area contributed by atoms with E-state index in [9.17, 15) is 4.79 Å². The molecule has 0 bridgehead atoms. The Morgan fingerprint density at radius 1 is 1.32 bits per heavy atom. The fraction of sp³-hybridized carbons (Fsp3) is 0.346. The Balaban J connectivity index is 1.16. The van der Waals surface area contributed by atoms with Crippen LogP contribution in [0.15, 0.2) is 60.8 Å². The molecule has 176 valence electrons. The normalized spacial score (nSPS) is 18.9. The van der Waals surface area contributed by atoms with Crippen LogP contribution >= 0.6 is 0 Å². The van der Waals surface area contributed by atoms with Gasteiger partial charge in [0, 0.05) is 25.0 Å². The number of anilines is 2. The lowest BCUT2D eigenvalue weighted by Crippen LogP contribution is -2.66. The lowest BCUT2D eigenvalue weighted by atomic mass is 9.78. The molecule has 1 atom stereocenters. The van der Waals surface area contributed by atoms with Gasteiger partial charge in [0.05, 0.1) is 24.2 Å². The molecule has 4 heterocycles. The maximum Gasteiger partial charge on any atom is 0.257 e. The van der Waals surface area contributed by atoms with Crippen molar-refractivity contribution in [3.05, 3.63) is 82.8 Å². The summed E-state index contributed by atoms with van der Waals surface area (Å²) in [4.78, 5) is 19.7. The fourth-order valence-corrected chi connectivity index (χ4v) is 4.48. The number of benzene rings is 1. The van der Waals surface area contributed by atoms with Crippen molar-refractivity contribution in [2.24, 2.45) is 5.41 Å². The summed E-state index contributed by atoms with van der Waals surface area (Å²) < 4.78 is 7.33. The lowest BCUT2D eigenvalue weighted by Gasteiger charge is -2.55. The van der Waals surface area contributed by atoms with Gasteiger partial charge in [-0.1, -0.05) is 30.7 Å². The van der Waals surface area contributed by atoms with Crippen LogP contribution in [0, 0.1) is 12.3 Å². The first-order valence-corrected chi connectivity index (χ1v) is 11.5. The van der Waals surface area contributed by atoms with Crippen molar-refractivity contribution < 1.29 is 14.1 Å².